The second-order valence-corrected chi connectivity index (χ2v) is 4.13. The monoisotopic (exact) mass is 200 g/mol. The smallest absolute Gasteiger partial charge is 0.168 e. The third kappa shape index (κ3) is 3.14. The summed E-state index contributed by atoms with van der Waals surface area (Å²) in [6, 6.07) is 0. The second-order valence-electron chi connectivity index (χ2n) is 3.74. The standard InChI is InChI=1S/C10H20N2S/c1-3-6-11-10(13)12-7-5-9(4-2)8-12/h9H,3-8H2,1-2H3,(H,11,13). The van der Waals surface area contributed by atoms with Gasteiger partial charge in [0.1, 0.15) is 0 Å². The molecule has 76 valence electrons. The zero-order valence-corrected chi connectivity index (χ0v) is 9.49. The van der Waals surface area contributed by atoms with Crippen molar-refractivity contribution >= 4 is 17.3 Å². The summed E-state index contributed by atoms with van der Waals surface area (Å²) in [6.45, 7) is 7.73. The van der Waals surface area contributed by atoms with Crippen LogP contribution in [-0.2, 0) is 0 Å². The van der Waals surface area contributed by atoms with E-state index in [4.69, 9.17) is 12.2 Å². The van der Waals surface area contributed by atoms with E-state index in [1.165, 1.54) is 12.8 Å². The first-order chi connectivity index (χ1) is 6.27. The minimum absolute atomic E-state index is 0.862. The van der Waals surface area contributed by atoms with Crippen LogP contribution in [0.2, 0.25) is 0 Å². The number of hydrogen-bond acceptors (Lipinski definition) is 1. The quantitative estimate of drug-likeness (QED) is 0.702. The Bertz CT molecular complexity index is 170. The van der Waals surface area contributed by atoms with Crippen LogP contribution in [0.3, 0.4) is 0 Å². The third-order valence-corrected chi connectivity index (χ3v) is 3.08. The Morgan fingerprint density at radius 3 is 2.85 bits per heavy atom. The number of thiocarbonyl (C=S) groups is 1. The Labute approximate surface area is 86.7 Å². The van der Waals surface area contributed by atoms with Gasteiger partial charge in [0.05, 0.1) is 0 Å². The highest BCUT2D eigenvalue weighted by Crippen LogP contribution is 2.18. The van der Waals surface area contributed by atoms with E-state index < -0.39 is 0 Å². The predicted octanol–water partition coefficient (Wildman–Crippen LogP) is 2.00. The van der Waals surface area contributed by atoms with Crippen LogP contribution >= 0.6 is 12.2 Å². The van der Waals surface area contributed by atoms with Gasteiger partial charge in [-0.3, -0.25) is 0 Å². The Balaban J connectivity index is 2.25. The molecule has 0 aromatic heterocycles. The van der Waals surface area contributed by atoms with Gasteiger partial charge in [-0.15, -0.1) is 0 Å². The number of nitrogens with zero attached hydrogens (tertiary/aromatic N) is 1. The molecule has 1 saturated heterocycles. The van der Waals surface area contributed by atoms with E-state index in [1.807, 2.05) is 0 Å². The Kier molecular flexibility index (Phi) is 4.50. The SMILES string of the molecule is CCCNC(=S)N1CCC(CC)C1. The Morgan fingerprint density at radius 2 is 2.31 bits per heavy atom. The van der Waals surface area contributed by atoms with E-state index in [1.54, 1.807) is 0 Å². The van der Waals surface area contributed by atoms with Crippen LogP contribution in [0.25, 0.3) is 0 Å². The van der Waals surface area contributed by atoms with Crippen LogP contribution in [0.4, 0.5) is 0 Å². The molecule has 13 heavy (non-hydrogen) atoms. The van der Waals surface area contributed by atoms with Gasteiger partial charge in [-0.25, -0.2) is 0 Å². The first-order valence-corrected chi connectivity index (χ1v) is 5.71. The van der Waals surface area contributed by atoms with Gasteiger partial charge in [0.15, 0.2) is 5.11 Å². The highest BCUT2D eigenvalue weighted by atomic mass is 32.1. The maximum atomic E-state index is 5.29. The van der Waals surface area contributed by atoms with Crippen molar-refractivity contribution in [2.75, 3.05) is 19.6 Å². The number of hydrogen-bond donors (Lipinski definition) is 1. The molecule has 0 aromatic rings. The molecule has 1 N–H and O–H groups in total. The van der Waals surface area contributed by atoms with Crippen LogP contribution < -0.4 is 5.32 Å². The first-order valence-electron chi connectivity index (χ1n) is 5.30. The minimum Gasteiger partial charge on any atom is -0.363 e. The summed E-state index contributed by atoms with van der Waals surface area (Å²) in [4.78, 5) is 2.30. The molecule has 1 heterocycles. The molecule has 1 rings (SSSR count). The lowest BCUT2D eigenvalue weighted by molar-refractivity contribution is 0.464. The summed E-state index contributed by atoms with van der Waals surface area (Å²) in [5.74, 6) is 0.862. The summed E-state index contributed by atoms with van der Waals surface area (Å²) in [6.07, 6.45) is 3.74. The van der Waals surface area contributed by atoms with E-state index in [-0.39, 0.29) is 0 Å². The van der Waals surface area contributed by atoms with Crippen molar-refractivity contribution in [1.29, 1.82) is 0 Å². The van der Waals surface area contributed by atoms with E-state index in [2.05, 4.69) is 24.1 Å². The van der Waals surface area contributed by atoms with Crippen LogP contribution in [0.5, 0.6) is 0 Å². The Morgan fingerprint density at radius 1 is 1.54 bits per heavy atom. The highest BCUT2D eigenvalue weighted by Gasteiger charge is 2.22. The normalized spacial score (nSPS) is 22.0. The lowest BCUT2D eigenvalue weighted by Crippen LogP contribution is -2.38. The number of likely N-dealkylation sites (tertiary alicyclic amines) is 1. The first kappa shape index (κ1) is 10.8. The largest absolute Gasteiger partial charge is 0.363 e. The fourth-order valence-corrected chi connectivity index (χ4v) is 1.96. The van der Waals surface area contributed by atoms with E-state index in [9.17, 15) is 0 Å². The molecule has 0 bridgehead atoms. The molecule has 0 amide bonds. The van der Waals surface area contributed by atoms with Gasteiger partial charge in [0, 0.05) is 19.6 Å². The van der Waals surface area contributed by atoms with Gasteiger partial charge >= 0.3 is 0 Å². The zero-order valence-electron chi connectivity index (χ0n) is 8.68. The Hall–Kier alpha value is -0.310. The summed E-state index contributed by atoms with van der Waals surface area (Å²) < 4.78 is 0. The van der Waals surface area contributed by atoms with Gasteiger partial charge in [0.2, 0.25) is 0 Å². The molecule has 1 aliphatic rings. The molecule has 0 spiro atoms. The fraction of sp³-hybridized carbons (Fsp3) is 0.900. The molecule has 1 unspecified atom stereocenters. The van der Waals surface area contributed by atoms with Crippen LogP contribution in [0.15, 0.2) is 0 Å². The predicted molar refractivity (Wildman–Crippen MR) is 60.9 cm³/mol. The lowest BCUT2D eigenvalue weighted by Gasteiger charge is -2.20. The number of nitrogens with one attached hydrogen (secondary N) is 1. The average Bonchev–Trinajstić information content (AvgIpc) is 2.62. The van der Waals surface area contributed by atoms with Crippen molar-refractivity contribution in [2.24, 2.45) is 5.92 Å². The molecule has 0 aromatic carbocycles. The van der Waals surface area contributed by atoms with Crippen molar-refractivity contribution < 1.29 is 0 Å². The molecular weight excluding hydrogens is 180 g/mol. The lowest BCUT2D eigenvalue weighted by atomic mass is 10.1. The summed E-state index contributed by atoms with van der Waals surface area (Å²) in [7, 11) is 0. The molecule has 0 saturated carbocycles. The molecule has 1 atom stereocenters. The van der Waals surface area contributed by atoms with Crippen LogP contribution in [0.1, 0.15) is 33.1 Å². The molecule has 2 nitrogen and oxygen atoms in total. The van der Waals surface area contributed by atoms with E-state index in [0.717, 1.165) is 37.1 Å². The highest BCUT2D eigenvalue weighted by molar-refractivity contribution is 7.80. The van der Waals surface area contributed by atoms with Crippen molar-refractivity contribution in [3.05, 3.63) is 0 Å². The summed E-state index contributed by atoms with van der Waals surface area (Å²) in [5, 5.41) is 4.23. The van der Waals surface area contributed by atoms with Gasteiger partial charge < -0.3 is 10.2 Å². The van der Waals surface area contributed by atoms with E-state index >= 15 is 0 Å². The van der Waals surface area contributed by atoms with Crippen LogP contribution in [0, 0.1) is 5.92 Å². The maximum absolute atomic E-state index is 5.29. The number of rotatable bonds is 3. The van der Waals surface area contributed by atoms with Gasteiger partial charge in [0.25, 0.3) is 0 Å². The molecule has 0 radical (unpaired) electrons. The van der Waals surface area contributed by atoms with Crippen molar-refractivity contribution in [3.63, 3.8) is 0 Å². The topological polar surface area (TPSA) is 15.3 Å². The van der Waals surface area contributed by atoms with E-state index in [0.29, 0.717) is 0 Å². The molecule has 1 fully saturated rings. The van der Waals surface area contributed by atoms with Gasteiger partial charge in [-0.2, -0.15) is 0 Å². The van der Waals surface area contributed by atoms with Gasteiger partial charge in [-0.1, -0.05) is 20.3 Å². The molecule has 1 aliphatic heterocycles. The fourth-order valence-electron chi connectivity index (χ4n) is 1.69. The second kappa shape index (κ2) is 5.43. The molecule has 3 heteroatoms. The molecule has 0 aliphatic carbocycles. The summed E-state index contributed by atoms with van der Waals surface area (Å²) >= 11 is 5.29. The van der Waals surface area contributed by atoms with Crippen molar-refractivity contribution in [1.82, 2.24) is 10.2 Å². The average molecular weight is 200 g/mol. The minimum atomic E-state index is 0.862. The van der Waals surface area contributed by atoms with Gasteiger partial charge in [-0.05, 0) is 31.0 Å². The third-order valence-electron chi connectivity index (χ3n) is 2.68. The van der Waals surface area contributed by atoms with Crippen LogP contribution in [-0.4, -0.2) is 29.6 Å². The molecular formula is C10H20N2S. The van der Waals surface area contributed by atoms with Crippen molar-refractivity contribution in [3.8, 4) is 0 Å². The van der Waals surface area contributed by atoms with Crippen molar-refractivity contribution in [2.45, 2.75) is 33.1 Å². The zero-order chi connectivity index (χ0) is 9.68. The summed E-state index contributed by atoms with van der Waals surface area (Å²) in [5.41, 5.74) is 0. The maximum Gasteiger partial charge on any atom is 0.168 e.